The van der Waals surface area contributed by atoms with Crippen molar-refractivity contribution in [2.24, 2.45) is 5.14 Å². The van der Waals surface area contributed by atoms with E-state index in [-0.39, 0.29) is 16.8 Å². The number of hydrogen-bond acceptors (Lipinski definition) is 6. The second-order valence-electron chi connectivity index (χ2n) is 6.87. The van der Waals surface area contributed by atoms with Crippen LogP contribution in [0.25, 0.3) is 0 Å². The highest BCUT2D eigenvalue weighted by Crippen LogP contribution is 2.16. The molecule has 8 nitrogen and oxygen atoms in total. The van der Waals surface area contributed by atoms with E-state index >= 15 is 0 Å². The van der Waals surface area contributed by atoms with Crippen molar-refractivity contribution in [1.29, 1.82) is 0 Å². The van der Waals surface area contributed by atoms with Gasteiger partial charge in [0.05, 0.1) is 16.6 Å². The zero-order valence-electron chi connectivity index (χ0n) is 15.8. The number of benzene rings is 1. The number of carbonyl (C=O) groups excluding carboxylic acids is 1. The summed E-state index contributed by atoms with van der Waals surface area (Å²) in [7, 11) is -3.81. The summed E-state index contributed by atoms with van der Waals surface area (Å²) >= 11 is 0. The molecule has 150 valence electrons. The summed E-state index contributed by atoms with van der Waals surface area (Å²) in [6.45, 7) is 5.92. The van der Waals surface area contributed by atoms with Gasteiger partial charge in [0, 0.05) is 44.6 Å². The van der Waals surface area contributed by atoms with Crippen LogP contribution in [-0.2, 0) is 21.4 Å². The number of carbonyl (C=O) groups is 1. The molecule has 1 aliphatic heterocycles. The largest absolute Gasteiger partial charge is 0.325 e. The highest BCUT2D eigenvalue weighted by molar-refractivity contribution is 7.89. The molecule has 1 aromatic carbocycles. The lowest BCUT2D eigenvalue weighted by atomic mass is 10.2. The number of aromatic nitrogens is 1. The van der Waals surface area contributed by atoms with Crippen LogP contribution in [0.3, 0.4) is 0 Å². The molecule has 3 N–H and O–H groups in total. The normalized spacial score (nSPS) is 17.2. The zero-order chi connectivity index (χ0) is 20.1. The van der Waals surface area contributed by atoms with Gasteiger partial charge in [-0.2, -0.15) is 0 Å². The molecule has 1 amide bonds. The van der Waals surface area contributed by atoms with E-state index in [9.17, 15) is 13.2 Å². The van der Waals surface area contributed by atoms with Gasteiger partial charge in [-0.1, -0.05) is 12.1 Å². The van der Waals surface area contributed by atoms with Gasteiger partial charge in [-0.25, -0.2) is 13.6 Å². The molecule has 1 saturated heterocycles. The topological polar surface area (TPSA) is 109 Å². The van der Waals surface area contributed by atoms with Crippen molar-refractivity contribution in [3.05, 3.63) is 54.4 Å². The number of primary sulfonamides is 1. The molecule has 9 heteroatoms. The fourth-order valence-electron chi connectivity index (χ4n) is 3.19. The Morgan fingerprint density at radius 2 is 1.93 bits per heavy atom. The van der Waals surface area contributed by atoms with Gasteiger partial charge in [-0.05, 0) is 37.3 Å². The van der Waals surface area contributed by atoms with Crippen LogP contribution in [0.15, 0.2) is 53.6 Å². The van der Waals surface area contributed by atoms with Crippen LogP contribution in [0.1, 0.15) is 12.6 Å². The van der Waals surface area contributed by atoms with Gasteiger partial charge in [0.25, 0.3) is 0 Å². The van der Waals surface area contributed by atoms with Crippen LogP contribution >= 0.6 is 0 Å². The molecule has 1 aromatic heterocycles. The number of sulfonamides is 1. The van der Waals surface area contributed by atoms with E-state index in [0.717, 1.165) is 38.4 Å². The number of nitrogens with zero attached hydrogens (tertiary/aromatic N) is 3. The summed E-state index contributed by atoms with van der Waals surface area (Å²) in [5, 5.41) is 7.92. The molecular weight excluding hydrogens is 378 g/mol. The van der Waals surface area contributed by atoms with Gasteiger partial charge in [0.1, 0.15) is 0 Å². The second-order valence-corrected chi connectivity index (χ2v) is 8.43. The maximum absolute atomic E-state index is 12.6. The van der Waals surface area contributed by atoms with Gasteiger partial charge in [-0.3, -0.25) is 19.6 Å². The first-order chi connectivity index (χ1) is 13.3. The summed E-state index contributed by atoms with van der Waals surface area (Å²) in [6.07, 6.45) is 1.79. The van der Waals surface area contributed by atoms with E-state index in [4.69, 9.17) is 5.14 Å². The maximum atomic E-state index is 12.6. The molecule has 2 aromatic rings. The van der Waals surface area contributed by atoms with E-state index < -0.39 is 10.0 Å². The highest BCUT2D eigenvalue weighted by atomic mass is 32.2. The van der Waals surface area contributed by atoms with Gasteiger partial charge >= 0.3 is 0 Å². The van der Waals surface area contributed by atoms with Crippen LogP contribution in [0.4, 0.5) is 5.69 Å². The summed E-state index contributed by atoms with van der Waals surface area (Å²) in [4.78, 5) is 21.4. The average Bonchev–Trinajstić information content (AvgIpc) is 2.68. The van der Waals surface area contributed by atoms with E-state index in [2.05, 4.69) is 20.1 Å². The SMILES string of the molecule is CC(C(=O)Nc1cccc(S(N)(=O)=O)c1)N1CCN(Cc2ccccn2)CC1. The van der Waals surface area contributed by atoms with Crippen molar-refractivity contribution in [2.45, 2.75) is 24.4 Å². The number of piperazine rings is 1. The van der Waals surface area contributed by atoms with Crippen LogP contribution in [0.5, 0.6) is 0 Å². The molecule has 2 heterocycles. The van der Waals surface area contributed by atoms with Gasteiger partial charge in [0.2, 0.25) is 15.9 Å². The summed E-state index contributed by atoms with van der Waals surface area (Å²) in [5.41, 5.74) is 1.45. The lowest BCUT2D eigenvalue weighted by molar-refractivity contribution is -0.121. The number of anilines is 1. The average molecular weight is 404 g/mol. The van der Waals surface area contributed by atoms with Gasteiger partial charge in [-0.15, -0.1) is 0 Å². The molecule has 0 spiro atoms. The molecule has 1 aliphatic rings. The van der Waals surface area contributed by atoms with Crippen molar-refractivity contribution in [2.75, 3.05) is 31.5 Å². The second kappa shape index (κ2) is 8.78. The van der Waals surface area contributed by atoms with Crippen LogP contribution in [0, 0.1) is 0 Å². The fourth-order valence-corrected chi connectivity index (χ4v) is 3.75. The molecule has 1 atom stereocenters. The Labute approximate surface area is 165 Å². The number of pyridine rings is 1. The molecule has 3 rings (SSSR count). The quantitative estimate of drug-likeness (QED) is 0.741. The van der Waals surface area contributed by atoms with Crippen molar-refractivity contribution in [1.82, 2.24) is 14.8 Å². The Kier molecular flexibility index (Phi) is 6.40. The number of nitrogens with two attached hydrogens (primary N) is 1. The molecule has 1 fully saturated rings. The third kappa shape index (κ3) is 5.35. The van der Waals surface area contributed by atoms with Crippen molar-refractivity contribution in [3.8, 4) is 0 Å². The lowest BCUT2D eigenvalue weighted by Gasteiger charge is -2.37. The minimum absolute atomic E-state index is 0.0268. The minimum Gasteiger partial charge on any atom is -0.325 e. The zero-order valence-corrected chi connectivity index (χ0v) is 16.6. The third-order valence-corrected chi connectivity index (χ3v) is 5.79. The Bertz CT molecular complexity index is 912. The number of amides is 1. The number of rotatable bonds is 6. The van der Waals surface area contributed by atoms with E-state index in [1.165, 1.54) is 12.1 Å². The van der Waals surface area contributed by atoms with Crippen LogP contribution < -0.4 is 10.5 Å². The Balaban J connectivity index is 1.53. The molecule has 1 unspecified atom stereocenters. The van der Waals surface area contributed by atoms with Crippen molar-refractivity contribution < 1.29 is 13.2 Å². The first kappa shape index (κ1) is 20.4. The Morgan fingerprint density at radius 3 is 2.57 bits per heavy atom. The summed E-state index contributed by atoms with van der Waals surface area (Å²) in [6, 6.07) is 11.5. The van der Waals surface area contributed by atoms with Crippen molar-refractivity contribution in [3.63, 3.8) is 0 Å². The molecule has 0 bridgehead atoms. The molecule has 28 heavy (non-hydrogen) atoms. The van der Waals surface area contributed by atoms with E-state index in [1.54, 1.807) is 18.3 Å². The fraction of sp³-hybridized carbons (Fsp3) is 0.368. The van der Waals surface area contributed by atoms with E-state index in [1.807, 2.05) is 25.1 Å². The Hall–Kier alpha value is -2.33. The van der Waals surface area contributed by atoms with Crippen molar-refractivity contribution >= 4 is 21.6 Å². The molecule has 0 saturated carbocycles. The minimum atomic E-state index is -3.81. The molecule has 0 aliphatic carbocycles. The maximum Gasteiger partial charge on any atom is 0.241 e. The summed E-state index contributed by atoms with van der Waals surface area (Å²) < 4.78 is 22.9. The predicted octanol–water partition coefficient (Wildman–Crippen LogP) is 0.874. The van der Waals surface area contributed by atoms with Crippen LogP contribution in [0.2, 0.25) is 0 Å². The van der Waals surface area contributed by atoms with E-state index in [0.29, 0.717) is 5.69 Å². The monoisotopic (exact) mass is 403 g/mol. The van der Waals surface area contributed by atoms with Gasteiger partial charge in [0.15, 0.2) is 0 Å². The molecular formula is C19H25N5O3S. The number of hydrogen-bond donors (Lipinski definition) is 2. The van der Waals surface area contributed by atoms with Crippen LogP contribution in [-0.4, -0.2) is 61.3 Å². The first-order valence-electron chi connectivity index (χ1n) is 9.13. The third-order valence-electron chi connectivity index (χ3n) is 4.88. The predicted molar refractivity (Wildman–Crippen MR) is 107 cm³/mol. The lowest BCUT2D eigenvalue weighted by Crippen LogP contribution is -2.52. The Morgan fingerprint density at radius 1 is 1.18 bits per heavy atom. The molecule has 0 radical (unpaired) electrons. The highest BCUT2D eigenvalue weighted by Gasteiger charge is 2.26. The standard InChI is InChI=1S/C19H25N5O3S/c1-15(19(25)22-16-6-4-7-18(13-16)28(20,26)27)24-11-9-23(10-12-24)14-17-5-2-3-8-21-17/h2-8,13,15H,9-12,14H2,1H3,(H,22,25)(H2,20,26,27). The summed E-state index contributed by atoms with van der Waals surface area (Å²) in [5.74, 6) is -0.176. The van der Waals surface area contributed by atoms with Gasteiger partial charge < -0.3 is 5.32 Å². The smallest absolute Gasteiger partial charge is 0.241 e. The number of nitrogens with one attached hydrogen (secondary N) is 1. The first-order valence-corrected chi connectivity index (χ1v) is 10.7.